The van der Waals surface area contributed by atoms with Crippen molar-refractivity contribution in [2.75, 3.05) is 13.1 Å². The van der Waals surface area contributed by atoms with Crippen LogP contribution in [0.2, 0.25) is 5.02 Å². The maximum atomic E-state index is 12.7. The monoisotopic (exact) mass is 372 g/mol. The molecule has 0 spiro atoms. The van der Waals surface area contributed by atoms with Gasteiger partial charge in [-0.1, -0.05) is 24.4 Å². The van der Waals surface area contributed by atoms with Crippen molar-refractivity contribution in [1.82, 2.24) is 9.62 Å². The van der Waals surface area contributed by atoms with E-state index in [0.717, 1.165) is 51.6 Å². The third-order valence-corrected chi connectivity index (χ3v) is 6.89. The Morgan fingerprint density at radius 3 is 2.33 bits per heavy atom. The van der Waals surface area contributed by atoms with Crippen molar-refractivity contribution < 1.29 is 13.5 Å². The molecule has 2 atom stereocenters. The Balaban J connectivity index is 1.72. The molecule has 1 saturated carbocycles. The number of aliphatic hydroxyl groups is 1. The van der Waals surface area contributed by atoms with E-state index in [-0.39, 0.29) is 23.1 Å². The molecule has 0 amide bonds. The summed E-state index contributed by atoms with van der Waals surface area (Å²) in [6.45, 7) is 1.68. The first-order valence-corrected chi connectivity index (χ1v) is 10.5. The van der Waals surface area contributed by atoms with Crippen molar-refractivity contribution in [2.45, 2.75) is 61.6 Å². The van der Waals surface area contributed by atoms with E-state index in [1.54, 1.807) is 24.3 Å². The van der Waals surface area contributed by atoms with Crippen LogP contribution in [0.1, 0.15) is 38.5 Å². The SMILES string of the molecule is O=S(=O)(N[C@H]1CCCC[C@@H]1N1CCC(O)CC1)c1ccc(Cl)cc1. The highest BCUT2D eigenvalue weighted by Gasteiger charge is 2.34. The predicted octanol–water partition coefficient (Wildman–Crippen LogP) is 2.39. The van der Waals surface area contributed by atoms with E-state index in [2.05, 4.69) is 9.62 Å². The molecule has 1 aliphatic carbocycles. The van der Waals surface area contributed by atoms with Gasteiger partial charge in [-0.25, -0.2) is 13.1 Å². The zero-order valence-electron chi connectivity index (χ0n) is 13.7. The molecule has 24 heavy (non-hydrogen) atoms. The summed E-state index contributed by atoms with van der Waals surface area (Å²) in [5.74, 6) is 0. The van der Waals surface area contributed by atoms with E-state index < -0.39 is 10.0 Å². The Morgan fingerprint density at radius 2 is 1.67 bits per heavy atom. The zero-order chi connectivity index (χ0) is 17.2. The third-order valence-electron chi connectivity index (χ3n) is 5.13. The molecule has 1 saturated heterocycles. The van der Waals surface area contributed by atoms with E-state index in [0.29, 0.717) is 5.02 Å². The Hall–Kier alpha value is -0.660. The molecular formula is C17H25ClN2O3S. The molecule has 0 radical (unpaired) electrons. The zero-order valence-corrected chi connectivity index (χ0v) is 15.3. The summed E-state index contributed by atoms with van der Waals surface area (Å²) >= 11 is 5.85. The molecule has 0 unspecified atom stereocenters. The van der Waals surface area contributed by atoms with Gasteiger partial charge in [-0.3, -0.25) is 4.90 Å². The number of benzene rings is 1. The largest absolute Gasteiger partial charge is 0.393 e. The second kappa shape index (κ2) is 7.70. The number of rotatable bonds is 4. The molecule has 2 aliphatic rings. The van der Waals surface area contributed by atoms with Gasteiger partial charge in [-0.2, -0.15) is 0 Å². The van der Waals surface area contributed by atoms with Crippen LogP contribution in [-0.2, 0) is 10.0 Å². The highest BCUT2D eigenvalue weighted by atomic mass is 35.5. The Kier molecular flexibility index (Phi) is 5.82. The molecule has 1 aliphatic heterocycles. The van der Waals surface area contributed by atoms with Gasteiger partial charge in [0.1, 0.15) is 0 Å². The molecule has 2 N–H and O–H groups in total. The molecule has 5 nitrogen and oxygen atoms in total. The van der Waals surface area contributed by atoms with Gasteiger partial charge in [0.2, 0.25) is 10.0 Å². The number of sulfonamides is 1. The molecule has 0 bridgehead atoms. The van der Waals surface area contributed by atoms with E-state index in [1.807, 2.05) is 0 Å². The van der Waals surface area contributed by atoms with Crippen molar-refractivity contribution >= 4 is 21.6 Å². The number of likely N-dealkylation sites (tertiary alicyclic amines) is 1. The minimum absolute atomic E-state index is 0.0744. The first kappa shape index (κ1) is 18.1. The van der Waals surface area contributed by atoms with Gasteiger partial charge in [0, 0.05) is 30.2 Å². The molecule has 0 aromatic heterocycles. The van der Waals surface area contributed by atoms with Crippen LogP contribution < -0.4 is 4.72 Å². The quantitative estimate of drug-likeness (QED) is 0.851. The molecule has 134 valence electrons. The van der Waals surface area contributed by atoms with Gasteiger partial charge in [0.05, 0.1) is 11.0 Å². The second-order valence-electron chi connectivity index (χ2n) is 6.80. The average Bonchev–Trinajstić information content (AvgIpc) is 2.56. The van der Waals surface area contributed by atoms with Crippen LogP contribution in [0.4, 0.5) is 0 Å². The molecule has 2 fully saturated rings. The van der Waals surface area contributed by atoms with Gasteiger partial charge in [-0.15, -0.1) is 0 Å². The van der Waals surface area contributed by atoms with Crippen LogP contribution in [0, 0.1) is 0 Å². The smallest absolute Gasteiger partial charge is 0.240 e. The van der Waals surface area contributed by atoms with E-state index >= 15 is 0 Å². The number of piperidine rings is 1. The summed E-state index contributed by atoms with van der Waals surface area (Å²) in [5, 5.41) is 10.2. The molecule has 1 aromatic rings. The maximum Gasteiger partial charge on any atom is 0.240 e. The third kappa shape index (κ3) is 4.29. The summed E-state index contributed by atoms with van der Waals surface area (Å²) in [7, 11) is -3.54. The Bertz CT molecular complexity index is 642. The average molecular weight is 373 g/mol. The van der Waals surface area contributed by atoms with Crippen molar-refractivity contribution in [2.24, 2.45) is 0 Å². The lowest BCUT2D eigenvalue weighted by Gasteiger charge is -2.42. The number of hydrogen-bond donors (Lipinski definition) is 2. The highest BCUT2D eigenvalue weighted by molar-refractivity contribution is 7.89. The van der Waals surface area contributed by atoms with Crippen molar-refractivity contribution in [3.05, 3.63) is 29.3 Å². The molecule has 1 heterocycles. The van der Waals surface area contributed by atoms with Crippen LogP contribution in [0.15, 0.2) is 29.2 Å². The summed E-state index contributed by atoms with van der Waals surface area (Å²) in [6, 6.07) is 6.42. The maximum absolute atomic E-state index is 12.7. The van der Waals surface area contributed by atoms with Crippen molar-refractivity contribution in [3.63, 3.8) is 0 Å². The van der Waals surface area contributed by atoms with Crippen LogP contribution in [0.5, 0.6) is 0 Å². The standard InChI is InChI=1S/C17H25ClN2O3S/c18-13-5-7-15(8-6-13)24(22,23)19-16-3-1-2-4-17(16)20-11-9-14(21)10-12-20/h5-8,14,16-17,19,21H,1-4,9-12H2/t16-,17-/m0/s1. The van der Waals surface area contributed by atoms with Gasteiger partial charge >= 0.3 is 0 Å². The number of nitrogens with one attached hydrogen (secondary N) is 1. The van der Waals surface area contributed by atoms with Gasteiger partial charge < -0.3 is 5.11 Å². The highest BCUT2D eigenvalue weighted by Crippen LogP contribution is 2.27. The summed E-state index contributed by atoms with van der Waals surface area (Å²) in [6.07, 6.45) is 5.36. The fourth-order valence-corrected chi connectivity index (χ4v) is 5.21. The summed E-state index contributed by atoms with van der Waals surface area (Å²) < 4.78 is 28.3. The number of halogens is 1. The fraction of sp³-hybridized carbons (Fsp3) is 0.647. The molecular weight excluding hydrogens is 348 g/mol. The molecule has 3 rings (SSSR count). The normalized spacial score (nSPS) is 27.2. The van der Waals surface area contributed by atoms with Crippen molar-refractivity contribution in [3.8, 4) is 0 Å². The molecule has 7 heteroatoms. The van der Waals surface area contributed by atoms with Crippen LogP contribution >= 0.6 is 11.6 Å². The second-order valence-corrected chi connectivity index (χ2v) is 8.95. The van der Waals surface area contributed by atoms with Crippen LogP contribution in [0.25, 0.3) is 0 Å². The van der Waals surface area contributed by atoms with E-state index in [4.69, 9.17) is 11.6 Å². The fourth-order valence-electron chi connectivity index (χ4n) is 3.78. The van der Waals surface area contributed by atoms with E-state index in [1.165, 1.54) is 0 Å². The molecule has 1 aromatic carbocycles. The lowest BCUT2D eigenvalue weighted by atomic mass is 9.88. The summed E-state index contributed by atoms with van der Waals surface area (Å²) in [4.78, 5) is 2.60. The van der Waals surface area contributed by atoms with Gasteiger partial charge in [0.15, 0.2) is 0 Å². The summed E-state index contributed by atoms with van der Waals surface area (Å²) in [5.41, 5.74) is 0. The minimum atomic E-state index is -3.54. The minimum Gasteiger partial charge on any atom is -0.393 e. The lowest BCUT2D eigenvalue weighted by Crippen LogP contribution is -2.55. The van der Waals surface area contributed by atoms with Crippen molar-refractivity contribution in [1.29, 1.82) is 0 Å². The first-order chi connectivity index (χ1) is 11.5. The predicted molar refractivity (Wildman–Crippen MR) is 94.6 cm³/mol. The first-order valence-electron chi connectivity index (χ1n) is 8.66. The Morgan fingerprint density at radius 1 is 1.04 bits per heavy atom. The Labute approximate surface area is 149 Å². The van der Waals surface area contributed by atoms with Gasteiger partial charge in [0.25, 0.3) is 0 Å². The number of hydrogen-bond acceptors (Lipinski definition) is 4. The topological polar surface area (TPSA) is 69.6 Å². The van der Waals surface area contributed by atoms with Crippen LogP contribution in [-0.4, -0.2) is 49.7 Å². The number of nitrogens with zero attached hydrogens (tertiary/aromatic N) is 1. The van der Waals surface area contributed by atoms with Crippen LogP contribution in [0.3, 0.4) is 0 Å². The van der Waals surface area contributed by atoms with E-state index in [9.17, 15) is 13.5 Å². The number of aliphatic hydroxyl groups excluding tert-OH is 1. The van der Waals surface area contributed by atoms with Gasteiger partial charge in [-0.05, 0) is 49.9 Å². The lowest BCUT2D eigenvalue weighted by molar-refractivity contribution is 0.0420.